The zero-order valence-corrected chi connectivity index (χ0v) is 23.7. The Labute approximate surface area is 227 Å². The van der Waals surface area contributed by atoms with E-state index in [-0.39, 0.29) is 17.7 Å². The fourth-order valence-electron chi connectivity index (χ4n) is 5.96. The van der Waals surface area contributed by atoms with Gasteiger partial charge in [-0.2, -0.15) is 5.10 Å². The van der Waals surface area contributed by atoms with Crippen molar-refractivity contribution in [3.8, 4) is 0 Å². The maximum atomic E-state index is 13.6. The SMILES string of the molecule is CCCCN1C(=O)C(C(O)C(C)C)NC(=O)C12CCN(Cc1c(C)nn(CCc3ccccc3)c1C)CC2. The van der Waals surface area contributed by atoms with Crippen molar-refractivity contribution in [3.05, 3.63) is 52.8 Å². The summed E-state index contributed by atoms with van der Waals surface area (Å²) in [6.45, 7) is 13.7. The lowest BCUT2D eigenvalue weighted by molar-refractivity contribution is -0.165. The largest absolute Gasteiger partial charge is 0.390 e. The van der Waals surface area contributed by atoms with E-state index in [1.807, 2.05) is 19.9 Å². The quantitative estimate of drug-likeness (QED) is 0.499. The Bertz CT molecular complexity index is 1100. The number of aliphatic hydroxyl groups is 1. The maximum Gasteiger partial charge on any atom is 0.248 e. The van der Waals surface area contributed by atoms with Crippen molar-refractivity contribution in [2.45, 2.75) is 97.5 Å². The van der Waals surface area contributed by atoms with Crippen LogP contribution in [0.3, 0.4) is 0 Å². The average Bonchev–Trinajstić information content (AvgIpc) is 3.18. The van der Waals surface area contributed by atoms with Crippen LogP contribution in [0.4, 0.5) is 0 Å². The Morgan fingerprint density at radius 2 is 1.79 bits per heavy atom. The first kappa shape index (κ1) is 28.3. The van der Waals surface area contributed by atoms with Crippen molar-refractivity contribution in [3.63, 3.8) is 0 Å². The van der Waals surface area contributed by atoms with Crippen LogP contribution in [0.5, 0.6) is 0 Å². The number of unbranched alkanes of at least 4 members (excludes halogenated alkanes) is 1. The van der Waals surface area contributed by atoms with Crippen LogP contribution in [0.2, 0.25) is 0 Å². The lowest BCUT2D eigenvalue weighted by atomic mass is 9.80. The summed E-state index contributed by atoms with van der Waals surface area (Å²) in [7, 11) is 0. The molecule has 2 aliphatic heterocycles. The van der Waals surface area contributed by atoms with Crippen LogP contribution in [0.25, 0.3) is 0 Å². The van der Waals surface area contributed by atoms with Crippen molar-refractivity contribution in [1.29, 1.82) is 0 Å². The molecular formula is C30H45N5O3. The number of rotatable bonds is 10. The second-order valence-electron chi connectivity index (χ2n) is 11.4. The Hall–Kier alpha value is -2.71. The predicted molar refractivity (Wildman–Crippen MR) is 148 cm³/mol. The van der Waals surface area contributed by atoms with Crippen LogP contribution in [0, 0.1) is 19.8 Å². The molecule has 2 unspecified atom stereocenters. The number of carbonyl (C=O) groups excluding carboxylic acids is 2. The summed E-state index contributed by atoms with van der Waals surface area (Å²) in [5, 5.41) is 18.4. The molecule has 2 aliphatic rings. The molecule has 1 aromatic carbocycles. The number of likely N-dealkylation sites (tertiary alicyclic amines) is 1. The van der Waals surface area contributed by atoms with Gasteiger partial charge in [-0.3, -0.25) is 19.2 Å². The van der Waals surface area contributed by atoms with E-state index in [4.69, 9.17) is 5.10 Å². The molecular weight excluding hydrogens is 478 g/mol. The first-order valence-corrected chi connectivity index (χ1v) is 14.3. The molecule has 0 saturated carbocycles. The summed E-state index contributed by atoms with van der Waals surface area (Å²) in [5.74, 6) is -0.369. The Morgan fingerprint density at radius 3 is 2.42 bits per heavy atom. The number of hydrogen-bond acceptors (Lipinski definition) is 5. The number of hydrogen-bond donors (Lipinski definition) is 2. The van der Waals surface area contributed by atoms with Crippen LogP contribution in [0.15, 0.2) is 30.3 Å². The minimum absolute atomic E-state index is 0.112. The Morgan fingerprint density at radius 1 is 1.11 bits per heavy atom. The Balaban J connectivity index is 1.44. The zero-order chi connectivity index (χ0) is 27.4. The highest BCUT2D eigenvalue weighted by atomic mass is 16.3. The van der Waals surface area contributed by atoms with E-state index in [1.165, 1.54) is 16.8 Å². The molecule has 2 amide bonds. The number of benzene rings is 1. The van der Waals surface area contributed by atoms with Crippen LogP contribution >= 0.6 is 0 Å². The molecule has 0 bridgehead atoms. The van der Waals surface area contributed by atoms with Gasteiger partial charge in [-0.25, -0.2) is 0 Å². The second kappa shape index (κ2) is 12.0. The van der Waals surface area contributed by atoms with Gasteiger partial charge in [0.05, 0.1) is 11.8 Å². The number of nitrogens with zero attached hydrogens (tertiary/aromatic N) is 4. The molecule has 2 saturated heterocycles. The van der Waals surface area contributed by atoms with Crippen molar-refractivity contribution >= 4 is 11.8 Å². The number of piperazine rings is 1. The van der Waals surface area contributed by atoms with Gasteiger partial charge in [-0.05, 0) is 51.0 Å². The van der Waals surface area contributed by atoms with Gasteiger partial charge in [0.1, 0.15) is 11.6 Å². The molecule has 38 heavy (non-hydrogen) atoms. The molecule has 0 aliphatic carbocycles. The van der Waals surface area contributed by atoms with Gasteiger partial charge in [0.2, 0.25) is 11.8 Å². The number of aryl methyl sites for hydroxylation is 3. The van der Waals surface area contributed by atoms with Gasteiger partial charge in [0.25, 0.3) is 0 Å². The Kier molecular flexibility index (Phi) is 8.93. The van der Waals surface area contributed by atoms with Gasteiger partial charge >= 0.3 is 0 Å². The molecule has 2 aromatic rings. The highest BCUT2D eigenvalue weighted by molar-refractivity contribution is 6.00. The van der Waals surface area contributed by atoms with E-state index >= 15 is 0 Å². The minimum atomic E-state index is -0.891. The van der Waals surface area contributed by atoms with E-state index in [0.717, 1.165) is 51.1 Å². The number of aliphatic hydroxyl groups excluding tert-OH is 1. The van der Waals surface area contributed by atoms with Crippen LogP contribution in [0.1, 0.15) is 69.0 Å². The lowest BCUT2D eigenvalue weighted by Gasteiger charge is -2.52. The topological polar surface area (TPSA) is 90.7 Å². The van der Waals surface area contributed by atoms with Crippen LogP contribution in [-0.2, 0) is 29.1 Å². The second-order valence-corrected chi connectivity index (χ2v) is 11.4. The zero-order valence-electron chi connectivity index (χ0n) is 23.7. The summed E-state index contributed by atoms with van der Waals surface area (Å²) in [5.41, 5.74) is 3.97. The van der Waals surface area contributed by atoms with Gasteiger partial charge in [-0.1, -0.05) is 57.5 Å². The van der Waals surface area contributed by atoms with Crippen LogP contribution < -0.4 is 5.32 Å². The molecule has 0 radical (unpaired) electrons. The smallest absolute Gasteiger partial charge is 0.248 e. The number of piperidine rings is 1. The van der Waals surface area contributed by atoms with E-state index in [0.29, 0.717) is 19.4 Å². The summed E-state index contributed by atoms with van der Waals surface area (Å²) in [6, 6.07) is 9.62. The molecule has 1 aromatic heterocycles. The first-order valence-electron chi connectivity index (χ1n) is 14.3. The standard InChI is InChI=1S/C30H45N5O3/c1-6-7-16-34-28(37)26(27(36)21(2)3)31-29(38)30(34)14-18-33(19-15-30)20-25-22(4)32-35(23(25)5)17-13-24-11-9-8-10-12-24/h8-12,21,26-27,36H,6-7,13-20H2,1-5H3,(H,31,38). The molecule has 8 nitrogen and oxygen atoms in total. The van der Waals surface area contributed by atoms with Gasteiger partial charge < -0.3 is 15.3 Å². The molecule has 208 valence electrons. The summed E-state index contributed by atoms with van der Waals surface area (Å²) in [4.78, 5) is 31.3. The molecule has 2 N–H and O–H groups in total. The number of amides is 2. The third-order valence-electron chi connectivity index (χ3n) is 8.57. The van der Waals surface area contributed by atoms with Crippen molar-refractivity contribution in [1.82, 2.24) is 24.9 Å². The third-order valence-corrected chi connectivity index (χ3v) is 8.57. The molecule has 2 fully saturated rings. The summed E-state index contributed by atoms with van der Waals surface area (Å²) in [6.07, 6.45) is 3.03. The molecule has 2 atom stereocenters. The van der Waals surface area contributed by atoms with Crippen molar-refractivity contribution < 1.29 is 14.7 Å². The fourth-order valence-corrected chi connectivity index (χ4v) is 5.96. The highest BCUT2D eigenvalue weighted by Crippen LogP contribution is 2.35. The van der Waals surface area contributed by atoms with E-state index in [9.17, 15) is 14.7 Å². The van der Waals surface area contributed by atoms with Gasteiger partial charge in [0.15, 0.2) is 0 Å². The minimum Gasteiger partial charge on any atom is -0.390 e. The highest BCUT2D eigenvalue weighted by Gasteiger charge is 2.54. The first-order chi connectivity index (χ1) is 18.2. The molecule has 4 rings (SSSR count). The summed E-state index contributed by atoms with van der Waals surface area (Å²) < 4.78 is 2.11. The normalized spacial score (nSPS) is 20.8. The summed E-state index contributed by atoms with van der Waals surface area (Å²) >= 11 is 0. The van der Waals surface area contributed by atoms with Gasteiger partial charge in [0, 0.05) is 44.0 Å². The number of aromatic nitrogens is 2. The lowest BCUT2D eigenvalue weighted by Crippen LogP contribution is -2.74. The van der Waals surface area contributed by atoms with Crippen LogP contribution in [-0.4, -0.2) is 73.8 Å². The molecule has 1 spiro atoms. The monoisotopic (exact) mass is 523 g/mol. The predicted octanol–water partition coefficient (Wildman–Crippen LogP) is 3.22. The van der Waals surface area contributed by atoms with Crippen molar-refractivity contribution in [2.24, 2.45) is 5.92 Å². The molecule has 3 heterocycles. The van der Waals surface area contributed by atoms with E-state index < -0.39 is 17.7 Å². The van der Waals surface area contributed by atoms with Crippen molar-refractivity contribution in [2.75, 3.05) is 19.6 Å². The van der Waals surface area contributed by atoms with E-state index in [1.54, 1.807) is 4.90 Å². The third kappa shape index (κ3) is 5.66. The van der Waals surface area contributed by atoms with E-state index in [2.05, 4.69) is 59.9 Å². The number of nitrogens with one attached hydrogen (secondary N) is 1. The average molecular weight is 524 g/mol. The maximum absolute atomic E-state index is 13.6. The fraction of sp³-hybridized carbons (Fsp3) is 0.633. The molecule has 8 heteroatoms. The van der Waals surface area contributed by atoms with Gasteiger partial charge in [-0.15, -0.1) is 0 Å². The number of carbonyl (C=O) groups is 2.